The normalized spacial score (nSPS) is 16.1. The highest BCUT2D eigenvalue weighted by Crippen LogP contribution is 2.29. The van der Waals surface area contributed by atoms with E-state index in [2.05, 4.69) is 10.4 Å². The first-order valence-corrected chi connectivity index (χ1v) is 12.2. The lowest BCUT2D eigenvalue weighted by Gasteiger charge is -2.34. The number of fused-ring (bicyclic) bond motifs is 1. The van der Waals surface area contributed by atoms with Crippen molar-refractivity contribution in [2.75, 3.05) is 13.2 Å². The fourth-order valence-electron chi connectivity index (χ4n) is 3.95. The first-order chi connectivity index (χ1) is 17.0. The minimum atomic E-state index is -0.638. The van der Waals surface area contributed by atoms with Gasteiger partial charge in [-0.15, -0.1) is 0 Å². The lowest BCUT2D eigenvalue weighted by molar-refractivity contribution is 0.0134. The molecule has 0 fully saturated rings. The van der Waals surface area contributed by atoms with Gasteiger partial charge in [-0.3, -0.25) is 4.68 Å². The third-order valence-electron chi connectivity index (χ3n) is 5.71. The maximum atomic E-state index is 13.0. The summed E-state index contributed by atoms with van der Waals surface area (Å²) in [7, 11) is 0. The van der Waals surface area contributed by atoms with Crippen LogP contribution in [-0.2, 0) is 33.8 Å². The second-order valence-corrected chi connectivity index (χ2v) is 9.89. The van der Waals surface area contributed by atoms with E-state index in [-0.39, 0.29) is 44.1 Å². The number of nitrogens with one attached hydrogen (secondary N) is 1. The van der Waals surface area contributed by atoms with Crippen LogP contribution in [0.2, 0.25) is 0 Å². The minimum absolute atomic E-state index is 0.156. The molecule has 0 saturated heterocycles. The Labute approximate surface area is 211 Å². The monoisotopic (exact) mass is 500 g/mol. The summed E-state index contributed by atoms with van der Waals surface area (Å²) >= 11 is 0. The zero-order valence-electron chi connectivity index (χ0n) is 21.9. The number of hydrogen-bond donors (Lipinski definition) is 1. The van der Waals surface area contributed by atoms with Crippen molar-refractivity contribution in [3.05, 3.63) is 52.8 Å². The van der Waals surface area contributed by atoms with Crippen molar-refractivity contribution in [1.82, 2.24) is 20.0 Å². The number of rotatable bonds is 7. The Balaban J connectivity index is 1.75. The highest BCUT2D eigenvalue weighted by Gasteiger charge is 2.37. The first-order valence-electron chi connectivity index (χ1n) is 12.2. The lowest BCUT2D eigenvalue weighted by Crippen LogP contribution is -2.45. The van der Waals surface area contributed by atoms with E-state index < -0.39 is 23.8 Å². The fraction of sp³-hybridized carbons (Fsp3) is 0.538. The average molecular weight is 501 g/mol. The lowest BCUT2D eigenvalue weighted by atomic mass is 10.00. The maximum absolute atomic E-state index is 13.0. The van der Waals surface area contributed by atoms with Crippen molar-refractivity contribution in [2.24, 2.45) is 0 Å². The molecule has 2 atom stereocenters. The topological polar surface area (TPSA) is 112 Å². The SMILES string of the molecule is CCOC(=O)c1c2c(nn1[C@H](C)CNC(=O)OCc1ccccc1)C[C@@H](C)N(C(=O)OC(C)(C)C)C2. The molecule has 1 aliphatic heterocycles. The van der Waals surface area contributed by atoms with E-state index >= 15 is 0 Å². The van der Waals surface area contributed by atoms with Gasteiger partial charge >= 0.3 is 18.2 Å². The summed E-state index contributed by atoms with van der Waals surface area (Å²) in [4.78, 5) is 39.6. The van der Waals surface area contributed by atoms with Crippen molar-refractivity contribution in [1.29, 1.82) is 0 Å². The third-order valence-corrected chi connectivity index (χ3v) is 5.71. The molecule has 0 bridgehead atoms. The van der Waals surface area contributed by atoms with Crippen LogP contribution in [0.25, 0.3) is 0 Å². The standard InChI is InChI=1S/C26H36N4O6/c1-7-34-23(31)22-20-15-29(25(33)36-26(4,5)6)17(2)13-21(20)28-30(22)18(3)14-27-24(32)35-16-19-11-9-8-10-12-19/h8-12,17-18H,7,13-16H2,1-6H3,(H,27,32)/t17-,18-/m1/s1. The molecule has 2 aromatic rings. The number of amides is 2. The van der Waals surface area contributed by atoms with Gasteiger partial charge in [-0.25, -0.2) is 14.4 Å². The Hall–Kier alpha value is -3.56. The van der Waals surface area contributed by atoms with E-state index in [1.807, 2.05) is 65.0 Å². The zero-order valence-corrected chi connectivity index (χ0v) is 21.9. The first kappa shape index (κ1) is 27.0. The number of benzene rings is 1. The Bertz CT molecular complexity index is 1080. The van der Waals surface area contributed by atoms with Crippen molar-refractivity contribution in [3.8, 4) is 0 Å². The van der Waals surface area contributed by atoms with Gasteiger partial charge in [0.05, 0.1) is 24.9 Å². The number of carbonyl (C=O) groups excluding carboxylic acids is 3. The molecule has 10 nitrogen and oxygen atoms in total. The number of nitrogens with zero attached hydrogens (tertiary/aromatic N) is 3. The predicted octanol–water partition coefficient (Wildman–Crippen LogP) is 4.23. The van der Waals surface area contributed by atoms with Crippen LogP contribution < -0.4 is 5.32 Å². The van der Waals surface area contributed by atoms with Crippen LogP contribution in [-0.4, -0.2) is 57.6 Å². The van der Waals surface area contributed by atoms with Gasteiger partial charge in [-0.1, -0.05) is 30.3 Å². The van der Waals surface area contributed by atoms with E-state index in [0.29, 0.717) is 12.0 Å². The maximum Gasteiger partial charge on any atom is 0.410 e. The van der Waals surface area contributed by atoms with Crippen molar-refractivity contribution < 1.29 is 28.6 Å². The van der Waals surface area contributed by atoms with Crippen LogP contribution in [0.15, 0.2) is 30.3 Å². The molecule has 2 amide bonds. The molecule has 0 radical (unpaired) electrons. The molecule has 0 spiro atoms. The second kappa shape index (κ2) is 11.5. The summed E-state index contributed by atoms with van der Waals surface area (Å²) in [5.74, 6) is -0.525. The van der Waals surface area contributed by atoms with Crippen LogP contribution >= 0.6 is 0 Å². The molecule has 1 aromatic carbocycles. The molecule has 10 heteroatoms. The fourth-order valence-corrected chi connectivity index (χ4v) is 3.95. The molecule has 1 N–H and O–H groups in total. The molecule has 0 aliphatic carbocycles. The molecule has 2 heterocycles. The van der Waals surface area contributed by atoms with Gasteiger partial charge in [0.25, 0.3) is 0 Å². The summed E-state index contributed by atoms with van der Waals surface area (Å²) in [6, 6.07) is 8.86. The van der Waals surface area contributed by atoms with Crippen LogP contribution in [0.1, 0.15) is 74.9 Å². The molecular weight excluding hydrogens is 464 g/mol. The van der Waals surface area contributed by atoms with E-state index in [9.17, 15) is 14.4 Å². The van der Waals surface area contributed by atoms with Gasteiger partial charge in [-0.2, -0.15) is 5.10 Å². The number of aromatic nitrogens is 2. The van der Waals surface area contributed by atoms with E-state index in [4.69, 9.17) is 14.2 Å². The van der Waals surface area contributed by atoms with Crippen LogP contribution in [0.5, 0.6) is 0 Å². The van der Waals surface area contributed by atoms with Gasteiger partial charge in [0.15, 0.2) is 5.69 Å². The third kappa shape index (κ3) is 6.77. The molecule has 3 rings (SSSR count). The molecule has 36 heavy (non-hydrogen) atoms. The van der Waals surface area contributed by atoms with E-state index in [1.165, 1.54) is 0 Å². The molecular formula is C26H36N4O6. The van der Waals surface area contributed by atoms with E-state index in [1.54, 1.807) is 16.5 Å². The van der Waals surface area contributed by atoms with Gasteiger partial charge in [0.1, 0.15) is 12.2 Å². The summed E-state index contributed by atoms with van der Waals surface area (Å²) in [5, 5.41) is 7.42. The molecule has 0 unspecified atom stereocenters. The van der Waals surface area contributed by atoms with Crippen molar-refractivity contribution in [3.63, 3.8) is 0 Å². The van der Waals surface area contributed by atoms with Crippen LogP contribution in [0, 0.1) is 0 Å². The van der Waals surface area contributed by atoms with Gasteiger partial charge < -0.3 is 24.4 Å². The number of ether oxygens (including phenoxy) is 3. The Kier molecular flexibility index (Phi) is 8.60. The number of hydrogen-bond acceptors (Lipinski definition) is 7. The minimum Gasteiger partial charge on any atom is -0.461 e. The van der Waals surface area contributed by atoms with Crippen molar-refractivity contribution in [2.45, 2.75) is 78.8 Å². The number of alkyl carbamates (subject to hydrolysis) is 1. The highest BCUT2D eigenvalue weighted by molar-refractivity contribution is 5.90. The van der Waals surface area contributed by atoms with Gasteiger partial charge in [-0.05, 0) is 47.1 Å². The highest BCUT2D eigenvalue weighted by atomic mass is 16.6. The Morgan fingerprint density at radius 2 is 1.86 bits per heavy atom. The zero-order chi connectivity index (χ0) is 26.5. The predicted molar refractivity (Wildman–Crippen MR) is 132 cm³/mol. The van der Waals surface area contributed by atoms with Crippen molar-refractivity contribution >= 4 is 18.2 Å². The summed E-state index contributed by atoms with van der Waals surface area (Å²) in [5.41, 5.74) is 1.88. The van der Waals surface area contributed by atoms with Crippen LogP contribution in [0.3, 0.4) is 0 Å². The number of esters is 1. The Morgan fingerprint density at radius 1 is 1.17 bits per heavy atom. The average Bonchev–Trinajstić information content (AvgIpc) is 3.18. The molecule has 196 valence electrons. The van der Waals surface area contributed by atoms with Gasteiger partial charge in [0, 0.05) is 24.6 Å². The van der Waals surface area contributed by atoms with E-state index in [0.717, 1.165) is 11.3 Å². The largest absolute Gasteiger partial charge is 0.461 e. The molecule has 1 aliphatic rings. The smallest absolute Gasteiger partial charge is 0.410 e. The van der Waals surface area contributed by atoms with Gasteiger partial charge in [0.2, 0.25) is 0 Å². The van der Waals surface area contributed by atoms with Crippen LogP contribution in [0.4, 0.5) is 9.59 Å². The summed E-state index contributed by atoms with van der Waals surface area (Å²) in [6.07, 6.45) is -0.545. The quantitative estimate of drug-likeness (QED) is 0.447. The molecule has 1 aromatic heterocycles. The molecule has 0 saturated carbocycles. The Morgan fingerprint density at radius 3 is 2.50 bits per heavy atom. The number of carbonyl (C=O) groups is 3. The summed E-state index contributed by atoms with van der Waals surface area (Å²) in [6.45, 7) is 11.6. The second-order valence-electron chi connectivity index (χ2n) is 9.89. The summed E-state index contributed by atoms with van der Waals surface area (Å²) < 4.78 is 17.7.